The van der Waals surface area contributed by atoms with Crippen molar-refractivity contribution in [3.05, 3.63) is 29.3 Å². The molecule has 0 saturated carbocycles. The largest absolute Gasteiger partial charge is 1.00 e. The number of hydrogen-bond donors (Lipinski definition) is 0. The standard InChI is InChI=1S/C8H4N2O3S.K/c9-4-6-2-1-3-8(7(6)5-10)13-14(11)12;/h1-3H,(H,11,12);/q;+1/p-1. The van der Waals surface area contributed by atoms with E-state index in [1.54, 1.807) is 12.1 Å². The van der Waals surface area contributed by atoms with Crippen LogP contribution < -0.4 is 55.6 Å². The van der Waals surface area contributed by atoms with Crippen LogP contribution in [0, 0.1) is 22.7 Å². The van der Waals surface area contributed by atoms with Gasteiger partial charge >= 0.3 is 51.4 Å². The first kappa shape index (κ1) is 14.7. The Labute approximate surface area is 132 Å². The van der Waals surface area contributed by atoms with E-state index in [-0.39, 0.29) is 68.3 Å². The maximum absolute atomic E-state index is 10.2. The predicted octanol–water partition coefficient (Wildman–Crippen LogP) is -2.39. The summed E-state index contributed by atoms with van der Waals surface area (Å²) in [6, 6.07) is 7.59. The van der Waals surface area contributed by atoms with Crippen molar-refractivity contribution >= 4 is 11.4 Å². The molecule has 0 aromatic heterocycles. The van der Waals surface area contributed by atoms with Gasteiger partial charge in [0.2, 0.25) is 0 Å². The monoisotopic (exact) mass is 246 g/mol. The second-order valence-electron chi connectivity index (χ2n) is 2.19. The second-order valence-corrected chi connectivity index (χ2v) is 2.76. The maximum atomic E-state index is 10.2. The Morgan fingerprint density at radius 1 is 1.33 bits per heavy atom. The summed E-state index contributed by atoms with van der Waals surface area (Å²) in [5, 5.41) is 17.3. The quantitative estimate of drug-likeness (QED) is 0.428. The van der Waals surface area contributed by atoms with Gasteiger partial charge in [-0.2, -0.15) is 10.5 Å². The van der Waals surface area contributed by atoms with Crippen molar-refractivity contribution in [3.8, 4) is 17.9 Å². The summed E-state index contributed by atoms with van der Waals surface area (Å²) in [7, 11) is 0. The SMILES string of the molecule is N#Cc1cccc(OS(=O)[O-])c1C#N.[K+]. The summed E-state index contributed by atoms with van der Waals surface area (Å²) in [6.45, 7) is 0. The molecule has 0 heterocycles. The average molecular weight is 246 g/mol. The van der Waals surface area contributed by atoms with Crippen LogP contribution in [0.3, 0.4) is 0 Å². The van der Waals surface area contributed by atoms with Crippen LogP contribution >= 0.6 is 0 Å². The van der Waals surface area contributed by atoms with E-state index in [4.69, 9.17) is 10.5 Å². The number of rotatable bonds is 2. The first-order valence-electron chi connectivity index (χ1n) is 3.40. The Bertz CT molecular complexity index is 464. The molecule has 0 bridgehead atoms. The van der Waals surface area contributed by atoms with E-state index in [2.05, 4.69) is 4.18 Å². The fourth-order valence-corrected chi connectivity index (χ4v) is 1.17. The number of hydrogen-bond acceptors (Lipinski definition) is 5. The zero-order valence-corrected chi connectivity index (χ0v) is 11.7. The molecule has 70 valence electrons. The third-order valence-corrected chi connectivity index (χ3v) is 1.73. The first-order chi connectivity index (χ1) is 6.69. The molecule has 0 spiro atoms. The first-order valence-corrected chi connectivity index (χ1v) is 4.40. The minimum Gasteiger partial charge on any atom is -0.740 e. The summed E-state index contributed by atoms with van der Waals surface area (Å²) >= 11 is -2.75. The van der Waals surface area contributed by atoms with E-state index < -0.39 is 11.4 Å². The molecule has 0 radical (unpaired) electrons. The summed E-state index contributed by atoms with van der Waals surface area (Å²) in [5.74, 6) is -0.139. The van der Waals surface area contributed by atoms with Crippen molar-refractivity contribution in [1.29, 1.82) is 10.5 Å². The molecule has 15 heavy (non-hydrogen) atoms. The number of nitriles is 2. The molecule has 1 atom stereocenters. The molecule has 0 aliphatic rings. The predicted molar refractivity (Wildman–Crippen MR) is 45.4 cm³/mol. The van der Waals surface area contributed by atoms with Gasteiger partial charge in [-0.3, -0.25) is 0 Å². The van der Waals surface area contributed by atoms with Crippen LogP contribution in [0.1, 0.15) is 11.1 Å². The van der Waals surface area contributed by atoms with Crippen LogP contribution in [0.5, 0.6) is 5.75 Å². The average Bonchev–Trinajstić information content (AvgIpc) is 2.16. The molecule has 5 nitrogen and oxygen atoms in total. The molecular weight excluding hydrogens is 243 g/mol. The van der Waals surface area contributed by atoms with Gasteiger partial charge in [-0.05, 0) is 12.1 Å². The molecule has 1 unspecified atom stereocenters. The maximum Gasteiger partial charge on any atom is 1.00 e. The zero-order chi connectivity index (χ0) is 10.6. The van der Waals surface area contributed by atoms with Crippen molar-refractivity contribution in [2.24, 2.45) is 0 Å². The third kappa shape index (κ3) is 4.01. The van der Waals surface area contributed by atoms with Gasteiger partial charge in [0.25, 0.3) is 0 Å². The normalized spacial score (nSPS) is 10.3. The molecule has 0 saturated heterocycles. The molecule has 0 amide bonds. The van der Waals surface area contributed by atoms with E-state index in [1.165, 1.54) is 18.2 Å². The summed E-state index contributed by atoms with van der Waals surface area (Å²) in [5.41, 5.74) is -0.00495. The fourth-order valence-electron chi connectivity index (χ4n) is 0.882. The van der Waals surface area contributed by atoms with E-state index >= 15 is 0 Å². The van der Waals surface area contributed by atoms with E-state index in [0.717, 1.165) is 0 Å². The van der Waals surface area contributed by atoms with Crippen molar-refractivity contribution in [2.75, 3.05) is 0 Å². The van der Waals surface area contributed by atoms with Crippen LogP contribution in [0.4, 0.5) is 0 Å². The Hall–Kier alpha value is -0.254. The Morgan fingerprint density at radius 3 is 2.47 bits per heavy atom. The van der Waals surface area contributed by atoms with Gasteiger partial charge in [-0.15, -0.1) is 0 Å². The summed E-state index contributed by atoms with van der Waals surface area (Å²) in [4.78, 5) is 0. The van der Waals surface area contributed by atoms with Gasteiger partial charge < -0.3 is 8.74 Å². The van der Waals surface area contributed by atoms with Gasteiger partial charge in [-0.25, -0.2) is 4.21 Å². The smallest absolute Gasteiger partial charge is 0.740 e. The molecular formula is C8H3KN2O3S. The van der Waals surface area contributed by atoms with Gasteiger partial charge in [0.15, 0.2) is 5.75 Å². The van der Waals surface area contributed by atoms with Gasteiger partial charge in [0, 0.05) is 0 Å². The molecule has 0 aliphatic heterocycles. The number of nitrogens with zero attached hydrogens (tertiary/aromatic N) is 2. The van der Waals surface area contributed by atoms with E-state index in [1.807, 2.05) is 0 Å². The van der Waals surface area contributed by atoms with E-state index in [0.29, 0.717) is 0 Å². The Kier molecular flexibility index (Phi) is 6.97. The van der Waals surface area contributed by atoms with Crippen LogP contribution in [0.2, 0.25) is 0 Å². The summed E-state index contributed by atoms with van der Waals surface area (Å²) in [6.07, 6.45) is 0. The molecule has 0 aliphatic carbocycles. The number of benzene rings is 1. The van der Waals surface area contributed by atoms with E-state index in [9.17, 15) is 8.76 Å². The topological polar surface area (TPSA) is 96.9 Å². The molecule has 1 rings (SSSR count). The van der Waals surface area contributed by atoms with Crippen molar-refractivity contribution in [3.63, 3.8) is 0 Å². The van der Waals surface area contributed by atoms with Crippen LogP contribution in [0.25, 0.3) is 0 Å². The Balaban J connectivity index is 0.00000196. The molecule has 1 aromatic carbocycles. The van der Waals surface area contributed by atoms with Gasteiger partial charge in [0.1, 0.15) is 29.1 Å². The third-order valence-electron chi connectivity index (χ3n) is 1.42. The summed E-state index contributed by atoms with van der Waals surface area (Å²) < 4.78 is 24.8. The van der Waals surface area contributed by atoms with Crippen LogP contribution in [0.15, 0.2) is 18.2 Å². The van der Waals surface area contributed by atoms with Crippen LogP contribution in [-0.4, -0.2) is 8.76 Å². The van der Waals surface area contributed by atoms with Crippen molar-refractivity contribution < 1.29 is 64.3 Å². The van der Waals surface area contributed by atoms with Crippen LogP contribution in [-0.2, 0) is 11.4 Å². The zero-order valence-electron chi connectivity index (χ0n) is 7.76. The molecule has 7 heteroatoms. The molecule has 1 aromatic rings. The minimum atomic E-state index is -2.75. The molecule has 0 N–H and O–H groups in total. The Morgan fingerprint density at radius 2 is 2.00 bits per heavy atom. The second kappa shape index (κ2) is 7.09. The fraction of sp³-hybridized carbons (Fsp3) is 0. The van der Waals surface area contributed by atoms with Gasteiger partial charge in [0.05, 0.1) is 5.56 Å². The van der Waals surface area contributed by atoms with Crippen molar-refractivity contribution in [2.45, 2.75) is 0 Å². The van der Waals surface area contributed by atoms with Gasteiger partial charge in [-0.1, -0.05) is 6.07 Å². The molecule has 0 fully saturated rings. The minimum absolute atomic E-state index is 0. The van der Waals surface area contributed by atoms with Crippen molar-refractivity contribution in [1.82, 2.24) is 0 Å².